The van der Waals surface area contributed by atoms with Crippen molar-refractivity contribution in [3.8, 4) is 0 Å². The molecular weight excluding hydrogens is 408 g/mol. The quantitative estimate of drug-likeness (QED) is 0.198. The van der Waals surface area contributed by atoms with Gasteiger partial charge in [0.15, 0.2) is 0 Å². The predicted molar refractivity (Wildman–Crippen MR) is 130 cm³/mol. The van der Waals surface area contributed by atoms with E-state index in [1.54, 1.807) is 12.5 Å². The molecule has 0 aromatic heterocycles. The molecule has 1 rings (SSSR count). The second-order valence-corrected chi connectivity index (χ2v) is 7.37. The van der Waals surface area contributed by atoms with Crippen LogP contribution in [-0.4, -0.2) is 66.1 Å². The third-order valence-corrected chi connectivity index (χ3v) is 4.45. The van der Waals surface area contributed by atoms with Crippen molar-refractivity contribution in [1.82, 2.24) is 0 Å². The highest BCUT2D eigenvalue weighted by Gasteiger charge is 2.00. The molecule has 6 nitrogen and oxygen atoms in total. The standard InChI is InChI=1S/C26H42O6/c1-5-11-27-13-15-29-17-19-31-21-23(3)25-7-9-26(10-8-25)24(4)22-32-20-18-30-16-14-28-12-6-2/h7-10,21-22H,5-6,11-20H2,1-4H3/b23-21-,24-22-. The predicted octanol–water partition coefficient (Wildman–Crippen LogP) is 5.33. The molecular formula is C26H42O6. The molecule has 0 saturated carbocycles. The van der Waals surface area contributed by atoms with Gasteiger partial charge in [-0.15, -0.1) is 0 Å². The van der Waals surface area contributed by atoms with Gasteiger partial charge in [0.05, 0.1) is 52.2 Å². The Morgan fingerprint density at radius 2 is 0.844 bits per heavy atom. The van der Waals surface area contributed by atoms with Crippen molar-refractivity contribution in [2.24, 2.45) is 0 Å². The maximum absolute atomic E-state index is 5.59. The molecule has 1 aromatic carbocycles. The Balaban J connectivity index is 2.23. The molecule has 0 unspecified atom stereocenters. The van der Waals surface area contributed by atoms with Crippen LogP contribution in [0.2, 0.25) is 0 Å². The molecule has 0 bridgehead atoms. The second kappa shape index (κ2) is 19.8. The molecule has 0 heterocycles. The van der Waals surface area contributed by atoms with Crippen LogP contribution in [0.25, 0.3) is 11.1 Å². The molecule has 0 amide bonds. The molecule has 0 N–H and O–H groups in total. The van der Waals surface area contributed by atoms with Gasteiger partial charge in [-0.25, -0.2) is 0 Å². The minimum atomic E-state index is 0.526. The molecule has 0 aliphatic carbocycles. The Hall–Kier alpha value is -1.86. The molecule has 1 aromatic rings. The number of allylic oxidation sites excluding steroid dienone is 2. The first kappa shape index (κ1) is 28.2. The van der Waals surface area contributed by atoms with Gasteiger partial charge in [-0.05, 0) is 49.0 Å². The van der Waals surface area contributed by atoms with E-state index in [-0.39, 0.29) is 0 Å². The number of hydrogen-bond acceptors (Lipinski definition) is 6. The van der Waals surface area contributed by atoms with Gasteiger partial charge >= 0.3 is 0 Å². The van der Waals surface area contributed by atoms with Crippen LogP contribution >= 0.6 is 0 Å². The SMILES string of the molecule is CCCOCCOCCO/C=C(/C)c1ccc(/C(C)=C\OCCOCCOCCC)cc1. The van der Waals surface area contributed by atoms with Crippen LogP contribution in [-0.2, 0) is 28.4 Å². The van der Waals surface area contributed by atoms with E-state index in [0.717, 1.165) is 48.3 Å². The summed E-state index contributed by atoms with van der Waals surface area (Å²) in [4.78, 5) is 0. The van der Waals surface area contributed by atoms with Gasteiger partial charge in [-0.1, -0.05) is 38.1 Å². The Kier molecular flexibility index (Phi) is 17.4. The first-order valence-electron chi connectivity index (χ1n) is 11.7. The summed E-state index contributed by atoms with van der Waals surface area (Å²) < 4.78 is 32.9. The topological polar surface area (TPSA) is 55.4 Å². The summed E-state index contributed by atoms with van der Waals surface area (Å²) >= 11 is 0. The molecule has 0 saturated heterocycles. The van der Waals surface area contributed by atoms with Crippen LogP contribution in [0.4, 0.5) is 0 Å². The largest absolute Gasteiger partial charge is 0.498 e. The lowest BCUT2D eigenvalue weighted by Gasteiger charge is -2.08. The molecule has 0 spiro atoms. The smallest absolute Gasteiger partial charge is 0.111 e. The van der Waals surface area contributed by atoms with Crippen molar-refractivity contribution in [2.45, 2.75) is 40.5 Å². The Morgan fingerprint density at radius 1 is 0.531 bits per heavy atom. The zero-order valence-corrected chi connectivity index (χ0v) is 20.4. The third kappa shape index (κ3) is 14.2. The first-order chi connectivity index (χ1) is 15.7. The van der Waals surface area contributed by atoms with E-state index in [4.69, 9.17) is 28.4 Å². The van der Waals surface area contributed by atoms with E-state index >= 15 is 0 Å². The van der Waals surface area contributed by atoms with E-state index in [9.17, 15) is 0 Å². The average Bonchev–Trinajstić information content (AvgIpc) is 2.81. The molecule has 6 heteroatoms. The number of benzene rings is 1. The highest BCUT2D eigenvalue weighted by Crippen LogP contribution is 2.19. The summed E-state index contributed by atoms with van der Waals surface area (Å²) in [6.07, 6.45) is 5.63. The summed E-state index contributed by atoms with van der Waals surface area (Å²) in [5.41, 5.74) is 4.38. The summed E-state index contributed by atoms with van der Waals surface area (Å²) in [5, 5.41) is 0. The average molecular weight is 451 g/mol. The fourth-order valence-electron chi connectivity index (χ4n) is 2.65. The van der Waals surface area contributed by atoms with E-state index in [1.165, 1.54) is 0 Å². The highest BCUT2D eigenvalue weighted by molar-refractivity contribution is 5.68. The fraction of sp³-hybridized carbons (Fsp3) is 0.615. The number of rotatable bonds is 20. The van der Waals surface area contributed by atoms with E-state index in [1.807, 2.05) is 13.8 Å². The summed E-state index contributed by atoms with van der Waals surface area (Å²) in [6.45, 7) is 14.5. The Labute approximate surface area is 194 Å². The number of ether oxygens (including phenoxy) is 6. The van der Waals surface area contributed by atoms with Crippen LogP contribution in [0.3, 0.4) is 0 Å². The van der Waals surface area contributed by atoms with Gasteiger partial charge in [-0.3, -0.25) is 0 Å². The van der Waals surface area contributed by atoms with Crippen molar-refractivity contribution < 1.29 is 28.4 Å². The fourth-order valence-corrected chi connectivity index (χ4v) is 2.65. The summed E-state index contributed by atoms with van der Waals surface area (Å²) in [5.74, 6) is 0. The zero-order valence-electron chi connectivity index (χ0n) is 20.4. The molecule has 182 valence electrons. The lowest BCUT2D eigenvalue weighted by molar-refractivity contribution is 0.0309. The molecule has 0 aliphatic heterocycles. The van der Waals surface area contributed by atoms with Crippen LogP contribution in [0.15, 0.2) is 36.8 Å². The van der Waals surface area contributed by atoms with Gasteiger partial charge in [0.2, 0.25) is 0 Å². The van der Waals surface area contributed by atoms with Crippen LogP contribution in [0.5, 0.6) is 0 Å². The maximum Gasteiger partial charge on any atom is 0.111 e. The Morgan fingerprint density at radius 3 is 1.19 bits per heavy atom. The van der Waals surface area contributed by atoms with E-state index in [2.05, 4.69) is 38.1 Å². The van der Waals surface area contributed by atoms with Gasteiger partial charge in [0.25, 0.3) is 0 Å². The monoisotopic (exact) mass is 450 g/mol. The highest BCUT2D eigenvalue weighted by atomic mass is 16.5. The van der Waals surface area contributed by atoms with Crippen LogP contribution < -0.4 is 0 Å². The van der Waals surface area contributed by atoms with Crippen molar-refractivity contribution in [2.75, 3.05) is 66.1 Å². The first-order valence-corrected chi connectivity index (χ1v) is 11.7. The van der Waals surface area contributed by atoms with Gasteiger partial charge < -0.3 is 28.4 Å². The minimum absolute atomic E-state index is 0.526. The Bertz CT molecular complexity index is 569. The van der Waals surface area contributed by atoms with Gasteiger partial charge in [0, 0.05) is 13.2 Å². The van der Waals surface area contributed by atoms with Crippen molar-refractivity contribution in [1.29, 1.82) is 0 Å². The van der Waals surface area contributed by atoms with Crippen molar-refractivity contribution in [3.63, 3.8) is 0 Å². The molecule has 32 heavy (non-hydrogen) atoms. The second-order valence-electron chi connectivity index (χ2n) is 7.37. The van der Waals surface area contributed by atoms with Gasteiger partial charge in [0.1, 0.15) is 13.2 Å². The van der Waals surface area contributed by atoms with Crippen LogP contribution in [0, 0.1) is 0 Å². The van der Waals surface area contributed by atoms with E-state index in [0.29, 0.717) is 52.9 Å². The lowest BCUT2D eigenvalue weighted by atomic mass is 10.0. The minimum Gasteiger partial charge on any atom is -0.498 e. The summed E-state index contributed by atoms with van der Waals surface area (Å²) in [6, 6.07) is 8.34. The lowest BCUT2D eigenvalue weighted by Crippen LogP contribution is -2.08. The zero-order chi connectivity index (χ0) is 23.3. The summed E-state index contributed by atoms with van der Waals surface area (Å²) in [7, 11) is 0. The normalized spacial score (nSPS) is 12.2. The maximum atomic E-state index is 5.59. The van der Waals surface area contributed by atoms with Crippen LogP contribution in [0.1, 0.15) is 51.7 Å². The van der Waals surface area contributed by atoms with Crippen molar-refractivity contribution >= 4 is 11.1 Å². The molecule has 0 atom stereocenters. The molecule has 0 radical (unpaired) electrons. The molecule has 0 aliphatic rings. The third-order valence-electron chi connectivity index (χ3n) is 4.45. The van der Waals surface area contributed by atoms with E-state index < -0.39 is 0 Å². The van der Waals surface area contributed by atoms with Gasteiger partial charge in [-0.2, -0.15) is 0 Å². The van der Waals surface area contributed by atoms with Crippen molar-refractivity contribution in [3.05, 3.63) is 47.9 Å². The number of hydrogen-bond donors (Lipinski definition) is 0. The molecule has 0 fully saturated rings.